The van der Waals surface area contributed by atoms with Gasteiger partial charge in [0.15, 0.2) is 0 Å². The first-order valence-corrected chi connectivity index (χ1v) is 9.18. The van der Waals surface area contributed by atoms with Crippen molar-refractivity contribution in [1.29, 1.82) is 0 Å². The first-order chi connectivity index (χ1) is 12.0. The van der Waals surface area contributed by atoms with Gasteiger partial charge < -0.3 is 14.3 Å². The predicted molar refractivity (Wildman–Crippen MR) is 103 cm³/mol. The second-order valence-electron chi connectivity index (χ2n) is 6.98. The highest BCUT2D eigenvalue weighted by Crippen LogP contribution is 2.28. The molecule has 0 aromatic carbocycles. The van der Waals surface area contributed by atoms with E-state index in [2.05, 4.69) is 42.8 Å². The van der Waals surface area contributed by atoms with E-state index in [0.717, 1.165) is 32.1 Å². The van der Waals surface area contributed by atoms with Gasteiger partial charge >= 0.3 is 0 Å². The Kier molecular flexibility index (Phi) is 6.80. The average molecular weight is 342 g/mol. The highest BCUT2D eigenvalue weighted by atomic mass is 16.2. The van der Waals surface area contributed by atoms with Gasteiger partial charge in [-0.3, -0.25) is 4.79 Å². The molecule has 1 aliphatic carbocycles. The first-order valence-electron chi connectivity index (χ1n) is 9.18. The van der Waals surface area contributed by atoms with Crippen LogP contribution in [0.15, 0.2) is 17.8 Å². The summed E-state index contributed by atoms with van der Waals surface area (Å²) >= 11 is 0. The van der Waals surface area contributed by atoms with Gasteiger partial charge in [-0.2, -0.15) is 0 Å². The number of amides is 1. The van der Waals surface area contributed by atoms with Gasteiger partial charge in [-0.25, -0.2) is 0 Å². The van der Waals surface area contributed by atoms with Crippen LogP contribution in [0.25, 0.3) is 12.2 Å². The second-order valence-corrected chi connectivity index (χ2v) is 6.98. The number of hydrogen-bond donors (Lipinski definition) is 0. The van der Waals surface area contributed by atoms with Gasteiger partial charge in [-0.1, -0.05) is 17.7 Å². The fourth-order valence-electron chi connectivity index (χ4n) is 3.24. The van der Waals surface area contributed by atoms with E-state index in [1.807, 2.05) is 11.8 Å². The van der Waals surface area contributed by atoms with E-state index in [0.29, 0.717) is 19.0 Å². The lowest BCUT2D eigenvalue weighted by atomic mass is 10.1. The normalized spacial score (nSPS) is 15.0. The molecule has 0 unspecified atom stereocenters. The van der Waals surface area contributed by atoms with E-state index < -0.39 is 0 Å². The molecule has 25 heavy (non-hydrogen) atoms. The molecule has 1 aromatic rings. The molecule has 0 N–H and O–H groups in total. The third-order valence-electron chi connectivity index (χ3n) is 4.61. The lowest BCUT2D eigenvalue weighted by Gasteiger charge is -2.21. The number of aromatic nitrogens is 1. The van der Waals surface area contributed by atoms with Crippen molar-refractivity contribution in [3.05, 3.63) is 34.7 Å². The van der Waals surface area contributed by atoms with Crippen LogP contribution < -0.4 is 0 Å². The van der Waals surface area contributed by atoms with Crippen molar-refractivity contribution in [2.45, 2.75) is 66.0 Å². The highest BCUT2D eigenvalue weighted by molar-refractivity contribution is 5.75. The summed E-state index contributed by atoms with van der Waals surface area (Å²) in [5.74, 6) is 0.154. The summed E-state index contributed by atoms with van der Waals surface area (Å²) in [6.45, 7) is 9.40. The molecule has 0 saturated heterocycles. The van der Waals surface area contributed by atoms with Crippen LogP contribution >= 0.6 is 0 Å². The molecule has 2 rings (SSSR count). The van der Waals surface area contributed by atoms with Crippen LogP contribution in [0.4, 0.5) is 0 Å². The number of hydrogen-bond acceptors (Lipinski definition) is 2. The van der Waals surface area contributed by atoms with Crippen LogP contribution in [0.5, 0.6) is 0 Å². The molecule has 1 aromatic heterocycles. The van der Waals surface area contributed by atoms with Gasteiger partial charge in [0.2, 0.25) is 5.91 Å². The van der Waals surface area contributed by atoms with Gasteiger partial charge in [0, 0.05) is 49.9 Å². The molecule has 0 radical (unpaired) electrons. The molecular weight excluding hydrogens is 312 g/mol. The second kappa shape index (κ2) is 8.84. The standard InChI is InChI=1S/C21H30N2O2/c1-5-8-20-17(3)15-22(11-6-7-12-24)21(20)13-16(2)14-23(18(4)25)19-9-10-19/h5,8,12-13,15,19H,6-7,9-11,14H2,1-4H3/b8-5-,16-13+. The first kappa shape index (κ1) is 19.2. The topological polar surface area (TPSA) is 42.3 Å². The average Bonchev–Trinajstić information content (AvgIpc) is 3.35. The van der Waals surface area contributed by atoms with Gasteiger partial charge in [-0.05, 0) is 51.7 Å². The maximum atomic E-state index is 11.9. The van der Waals surface area contributed by atoms with Crippen LogP contribution in [0.3, 0.4) is 0 Å². The quantitative estimate of drug-likeness (QED) is 0.498. The lowest BCUT2D eigenvalue weighted by molar-refractivity contribution is -0.129. The summed E-state index contributed by atoms with van der Waals surface area (Å²) in [6, 6.07) is 0.428. The Balaban J connectivity index is 2.27. The molecule has 1 aliphatic rings. The van der Waals surface area contributed by atoms with Crippen LogP contribution in [0.1, 0.15) is 63.3 Å². The molecule has 1 amide bonds. The number of aldehydes is 1. The maximum Gasteiger partial charge on any atom is 0.219 e. The van der Waals surface area contributed by atoms with Crippen LogP contribution in [0, 0.1) is 6.92 Å². The fraction of sp³-hybridized carbons (Fsp3) is 0.524. The number of carbonyl (C=O) groups excluding carboxylic acids is 2. The van der Waals surface area contributed by atoms with Gasteiger partial charge in [0.1, 0.15) is 6.29 Å². The molecule has 1 saturated carbocycles. The van der Waals surface area contributed by atoms with Crippen molar-refractivity contribution in [2.75, 3.05) is 6.54 Å². The zero-order valence-electron chi connectivity index (χ0n) is 15.9. The molecule has 4 nitrogen and oxygen atoms in total. The summed E-state index contributed by atoms with van der Waals surface area (Å²) in [5, 5.41) is 0. The van der Waals surface area contributed by atoms with Crippen LogP contribution in [0.2, 0.25) is 0 Å². The molecule has 4 heteroatoms. The molecule has 0 spiro atoms. The van der Waals surface area contributed by atoms with Gasteiger partial charge in [0.05, 0.1) is 0 Å². The monoisotopic (exact) mass is 342 g/mol. The predicted octanol–water partition coefficient (Wildman–Crippen LogP) is 4.22. The van der Waals surface area contributed by atoms with Crippen molar-refractivity contribution < 1.29 is 9.59 Å². The molecule has 0 bridgehead atoms. The van der Waals surface area contributed by atoms with E-state index in [4.69, 9.17) is 0 Å². The zero-order chi connectivity index (χ0) is 18.4. The molecule has 1 heterocycles. The van der Waals surface area contributed by atoms with E-state index in [9.17, 15) is 9.59 Å². The number of allylic oxidation sites excluding steroid dienone is 1. The minimum Gasteiger partial charge on any atom is -0.347 e. The maximum absolute atomic E-state index is 11.9. The minimum atomic E-state index is 0.154. The highest BCUT2D eigenvalue weighted by Gasteiger charge is 2.30. The number of carbonyl (C=O) groups is 2. The largest absolute Gasteiger partial charge is 0.347 e. The Labute approximate surface area is 151 Å². The third-order valence-corrected chi connectivity index (χ3v) is 4.61. The number of unbranched alkanes of at least 4 members (excludes halogenated alkanes) is 1. The van der Waals surface area contributed by atoms with E-state index >= 15 is 0 Å². The number of nitrogens with zero attached hydrogens (tertiary/aromatic N) is 2. The Hall–Kier alpha value is -2.10. The Bertz CT molecular complexity index is 678. The SMILES string of the molecule is C/C=C\c1c(C)cn(CCCC=O)c1/C=C(\C)CN(C(C)=O)C1CC1. The summed E-state index contributed by atoms with van der Waals surface area (Å²) in [7, 11) is 0. The molecule has 136 valence electrons. The van der Waals surface area contributed by atoms with Crippen molar-refractivity contribution in [2.24, 2.45) is 0 Å². The van der Waals surface area contributed by atoms with E-state index in [-0.39, 0.29) is 5.91 Å². The fourth-order valence-corrected chi connectivity index (χ4v) is 3.24. The van der Waals surface area contributed by atoms with Crippen LogP contribution in [-0.4, -0.2) is 34.2 Å². The van der Waals surface area contributed by atoms with Gasteiger partial charge in [0.25, 0.3) is 0 Å². The molecule has 1 fully saturated rings. The lowest BCUT2D eigenvalue weighted by Crippen LogP contribution is -2.32. The van der Waals surface area contributed by atoms with Crippen molar-refractivity contribution in [3.63, 3.8) is 0 Å². The minimum absolute atomic E-state index is 0.154. The summed E-state index contributed by atoms with van der Waals surface area (Å²) in [6.07, 6.45) is 13.2. The molecular formula is C21H30N2O2. The Morgan fingerprint density at radius 3 is 2.64 bits per heavy atom. The third kappa shape index (κ3) is 5.18. The molecule has 0 atom stereocenters. The van der Waals surface area contributed by atoms with Crippen LogP contribution in [-0.2, 0) is 16.1 Å². The van der Waals surface area contributed by atoms with Gasteiger partial charge in [-0.15, -0.1) is 0 Å². The zero-order valence-corrected chi connectivity index (χ0v) is 15.9. The molecule has 0 aliphatic heterocycles. The summed E-state index contributed by atoms with van der Waals surface area (Å²) in [5.41, 5.74) is 4.79. The Morgan fingerprint density at radius 2 is 2.08 bits per heavy atom. The summed E-state index contributed by atoms with van der Waals surface area (Å²) in [4.78, 5) is 24.5. The summed E-state index contributed by atoms with van der Waals surface area (Å²) < 4.78 is 2.23. The van der Waals surface area contributed by atoms with E-state index in [1.54, 1.807) is 6.92 Å². The van der Waals surface area contributed by atoms with Crippen molar-refractivity contribution >= 4 is 24.3 Å². The Morgan fingerprint density at radius 1 is 1.36 bits per heavy atom. The number of aryl methyl sites for hydroxylation is 2. The van der Waals surface area contributed by atoms with Crippen molar-refractivity contribution in [3.8, 4) is 0 Å². The number of rotatable bonds is 9. The smallest absolute Gasteiger partial charge is 0.219 e. The van der Waals surface area contributed by atoms with Crippen molar-refractivity contribution in [1.82, 2.24) is 9.47 Å². The van der Waals surface area contributed by atoms with E-state index in [1.165, 1.54) is 22.4 Å².